The number of carbonyl (C=O) groups excluding carboxylic acids is 2. The first-order valence-corrected chi connectivity index (χ1v) is 11.2. The van der Waals surface area contributed by atoms with Gasteiger partial charge >= 0.3 is 0 Å². The van der Waals surface area contributed by atoms with Crippen molar-refractivity contribution in [3.63, 3.8) is 0 Å². The molecule has 1 saturated carbocycles. The van der Waals surface area contributed by atoms with Crippen molar-refractivity contribution in [2.45, 2.75) is 37.0 Å². The summed E-state index contributed by atoms with van der Waals surface area (Å²) in [6.07, 6.45) is 6.50. The summed E-state index contributed by atoms with van der Waals surface area (Å²) in [6, 6.07) is 16.0. The fourth-order valence-electron chi connectivity index (χ4n) is 4.44. The van der Waals surface area contributed by atoms with Crippen molar-refractivity contribution in [2.24, 2.45) is 11.8 Å². The van der Waals surface area contributed by atoms with Crippen molar-refractivity contribution in [3.8, 4) is 0 Å². The van der Waals surface area contributed by atoms with E-state index in [9.17, 15) is 9.59 Å². The summed E-state index contributed by atoms with van der Waals surface area (Å²) in [5.74, 6) is -0.401. The zero-order chi connectivity index (χ0) is 19.5. The number of thioether (sulfide) groups is 1. The van der Waals surface area contributed by atoms with Gasteiger partial charge in [0.15, 0.2) is 0 Å². The molecule has 146 valence electrons. The van der Waals surface area contributed by atoms with Gasteiger partial charge in [0.05, 0.1) is 5.92 Å². The smallest absolute Gasteiger partial charge is 0.230 e. The molecule has 0 radical (unpaired) electrons. The maximum absolute atomic E-state index is 13.4. The Morgan fingerprint density at radius 1 is 1.04 bits per heavy atom. The number of nitrogens with one attached hydrogen (secondary N) is 1. The second kappa shape index (κ2) is 8.39. The van der Waals surface area contributed by atoms with Gasteiger partial charge in [-0.3, -0.25) is 9.59 Å². The number of fused-ring (bicyclic) bond motifs is 1. The number of carbonyl (C=O) groups is 2. The molecule has 1 heterocycles. The lowest BCUT2D eigenvalue weighted by Gasteiger charge is -2.32. The molecule has 1 N–H and O–H groups in total. The molecule has 1 fully saturated rings. The number of para-hydroxylation sites is 1. The summed E-state index contributed by atoms with van der Waals surface area (Å²) >= 11 is 1.65. The standard InChI is InChI=1S/C23H26N2O2S/c1-28-18-9-6-8-17(15-18)24-22(26)19-10-3-4-11-20(19)23(27)25-14-13-16-7-2-5-12-21(16)25/h2,5-9,12,15,19-20H,3-4,10-11,13-14H2,1H3,(H,24,26). The molecule has 5 heteroatoms. The second-order valence-electron chi connectivity index (χ2n) is 7.59. The number of amides is 2. The number of hydrogen-bond acceptors (Lipinski definition) is 3. The van der Waals surface area contributed by atoms with E-state index in [0.29, 0.717) is 0 Å². The van der Waals surface area contributed by atoms with Gasteiger partial charge in [-0.15, -0.1) is 11.8 Å². The lowest BCUT2D eigenvalue weighted by molar-refractivity contribution is -0.132. The molecule has 4 nitrogen and oxygen atoms in total. The van der Waals surface area contributed by atoms with E-state index in [4.69, 9.17) is 0 Å². The normalized spacial score (nSPS) is 21.2. The molecule has 2 atom stereocenters. The van der Waals surface area contributed by atoms with E-state index in [0.717, 1.165) is 54.9 Å². The molecule has 4 rings (SSSR count). The van der Waals surface area contributed by atoms with E-state index in [-0.39, 0.29) is 23.7 Å². The summed E-state index contributed by atoms with van der Waals surface area (Å²) in [6.45, 7) is 0.721. The predicted octanol–water partition coefficient (Wildman–Crippen LogP) is 4.74. The first-order chi connectivity index (χ1) is 13.7. The third kappa shape index (κ3) is 3.81. The van der Waals surface area contributed by atoms with Crippen LogP contribution in [-0.2, 0) is 16.0 Å². The zero-order valence-electron chi connectivity index (χ0n) is 16.2. The Morgan fingerprint density at radius 2 is 1.82 bits per heavy atom. The third-order valence-electron chi connectivity index (χ3n) is 5.91. The summed E-state index contributed by atoms with van der Waals surface area (Å²) in [5, 5.41) is 3.06. The molecule has 2 aromatic rings. The molecule has 1 aliphatic carbocycles. The first-order valence-electron chi connectivity index (χ1n) is 10.0. The Morgan fingerprint density at radius 3 is 2.64 bits per heavy atom. The van der Waals surface area contributed by atoms with Gasteiger partial charge in [0.25, 0.3) is 0 Å². The highest BCUT2D eigenvalue weighted by molar-refractivity contribution is 7.98. The third-order valence-corrected chi connectivity index (χ3v) is 6.64. The van der Waals surface area contributed by atoms with Crippen molar-refractivity contribution in [3.05, 3.63) is 54.1 Å². The number of hydrogen-bond donors (Lipinski definition) is 1. The van der Waals surface area contributed by atoms with Crippen molar-refractivity contribution >= 4 is 35.0 Å². The van der Waals surface area contributed by atoms with Crippen LogP contribution in [0, 0.1) is 11.8 Å². The monoisotopic (exact) mass is 394 g/mol. The van der Waals surface area contributed by atoms with Crippen LogP contribution in [0.15, 0.2) is 53.4 Å². The van der Waals surface area contributed by atoms with Crippen LogP contribution < -0.4 is 10.2 Å². The molecule has 28 heavy (non-hydrogen) atoms. The highest BCUT2D eigenvalue weighted by Crippen LogP contribution is 2.36. The highest BCUT2D eigenvalue weighted by Gasteiger charge is 2.39. The van der Waals surface area contributed by atoms with Crippen LogP contribution in [0.2, 0.25) is 0 Å². The molecule has 2 amide bonds. The van der Waals surface area contributed by atoms with E-state index in [2.05, 4.69) is 11.4 Å². The average Bonchev–Trinajstić information content (AvgIpc) is 3.17. The summed E-state index contributed by atoms with van der Waals surface area (Å²) in [4.78, 5) is 29.4. The Labute approximate surface area is 170 Å². The quantitative estimate of drug-likeness (QED) is 0.762. The Balaban J connectivity index is 1.51. The lowest BCUT2D eigenvalue weighted by atomic mass is 9.77. The molecule has 2 aromatic carbocycles. The maximum Gasteiger partial charge on any atom is 0.230 e. The first kappa shape index (κ1) is 19.1. The molecule has 1 aliphatic heterocycles. The SMILES string of the molecule is CSc1cccc(NC(=O)C2CCCCC2C(=O)N2CCc3ccccc32)c1. The summed E-state index contributed by atoms with van der Waals surface area (Å²) < 4.78 is 0. The Bertz CT molecular complexity index is 882. The van der Waals surface area contributed by atoms with Crippen LogP contribution in [0.5, 0.6) is 0 Å². The highest BCUT2D eigenvalue weighted by atomic mass is 32.2. The van der Waals surface area contributed by atoms with Crippen molar-refractivity contribution in [1.82, 2.24) is 0 Å². The van der Waals surface area contributed by atoms with E-state index in [1.165, 1.54) is 5.56 Å². The summed E-state index contributed by atoms with van der Waals surface area (Å²) in [7, 11) is 0. The number of anilines is 2. The minimum atomic E-state index is -0.257. The van der Waals surface area contributed by atoms with E-state index in [1.54, 1.807) is 11.8 Å². The van der Waals surface area contributed by atoms with E-state index < -0.39 is 0 Å². The van der Waals surface area contributed by atoms with Gasteiger partial charge in [-0.25, -0.2) is 0 Å². The van der Waals surface area contributed by atoms with Crippen molar-refractivity contribution in [1.29, 1.82) is 0 Å². The maximum atomic E-state index is 13.4. The van der Waals surface area contributed by atoms with Crippen molar-refractivity contribution in [2.75, 3.05) is 23.0 Å². The fraction of sp³-hybridized carbons (Fsp3) is 0.391. The number of nitrogens with zero attached hydrogens (tertiary/aromatic N) is 1. The van der Waals surface area contributed by atoms with E-state index >= 15 is 0 Å². The molecule has 0 aromatic heterocycles. The predicted molar refractivity (Wildman–Crippen MR) is 115 cm³/mol. The Hall–Kier alpha value is -2.27. The topological polar surface area (TPSA) is 49.4 Å². The van der Waals surface area contributed by atoms with E-state index in [1.807, 2.05) is 53.6 Å². The minimum Gasteiger partial charge on any atom is -0.326 e. The molecule has 0 saturated heterocycles. The van der Waals surface area contributed by atoms with Gasteiger partial charge in [0, 0.05) is 28.7 Å². The molecular formula is C23H26N2O2S. The fourth-order valence-corrected chi connectivity index (χ4v) is 4.90. The van der Waals surface area contributed by atoms with Gasteiger partial charge in [-0.05, 0) is 55.3 Å². The molecule has 2 unspecified atom stereocenters. The van der Waals surface area contributed by atoms with Crippen LogP contribution in [0.1, 0.15) is 31.2 Å². The van der Waals surface area contributed by atoms with Crippen LogP contribution in [0.25, 0.3) is 0 Å². The van der Waals surface area contributed by atoms with Gasteiger partial charge in [-0.1, -0.05) is 37.1 Å². The van der Waals surface area contributed by atoms with Crippen molar-refractivity contribution < 1.29 is 9.59 Å². The largest absolute Gasteiger partial charge is 0.326 e. The molecule has 2 aliphatic rings. The molecular weight excluding hydrogens is 368 g/mol. The lowest BCUT2D eigenvalue weighted by Crippen LogP contribution is -2.43. The van der Waals surface area contributed by atoms with Gasteiger partial charge in [0.2, 0.25) is 11.8 Å². The zero-order valence-corrected chi connectivity index (χ0v) is 17.0. The molecule has 0 spiro atoms. The number of rotatable bonds is 4. The average molecular weight is 395 g/mol. The van der Waals surface area contributed by atoms with Crippen LogP contribution in [0.4, 0.5) is 11.4 Å². The summed E-state index contributed by atoms with van der Waals surface area (Å²) in [5.41, 5.74) is 3.05. The van der Waals surface area contributed by atoms with Gasteiger partial charge in [-0.2, -0.15) is 0 Å². The van der Waals surface area contributed by atoms with Crippen LogP contribution in [0.3, 0.4) is 0 Å². The number of benzene rings is 2. The Kier molecular flexibility index (Phi) is 5.72. The van der Waals surface area contributed by atoms with Gasteiger partial charge < -0.3 is 10.2 Å². The van der Waals surface area contributed by atoms with Crippen LogP contribution in [-0.4, -0.2) is 24.6 Å². The minimum absolute atomic E-state index is 0.0243. The molecule has 0 bridgehead atoms. The van der Waals surface area contributed by atoms with Gasteiger partial charge in [0.1, 0.15) is 0 Å². The van der Waals surface area contributed by atoms with Crippen LogP contribution >= 0.6 is 11.8 Å². The second-order valence-corrected chi connectivity index (χ2v) is 8.47.